The van der Waals surface area contributed by atoms with Gasteiger partial charge < -0.3 is 14.7 Å². The highest BCUT2D eigenvalue weighted by atomic mass is 16.5. The van der Waals surface area contributed by atoms with Crippen molar-refractivity contribution in [1.29, 1.82) is 0 Å². The van der Waals surface area contributed by atoms with Crippen LogP contribution in [0.25, 0.3) is 0 Å². The van der Waals surface area contributed by atoms with Crippen LogP contribution in [0.4, 0.5) is 11.6 Å². The number of morpholine rings is 1. The number of rotatable bonds is 3. The molecule has 2 saturated heterocycles. The quantitative estimate of drug-likeness (QED) is 0.815. The predicted molar refractivity (Wildman–Crippen MR) is 72.6 cm³/mol. The Morgan fingerprint density at radius 2 is 2.05 bits per heavy atom. The van der Waals surface area contributed by atoms with Gasteiger partial charge in [0.15, 0.2) is 0 Å². The second kappa shape index (κ2) is 5.72. The molecule has 2 fully saturated rings. The molecule has 20 heavy (non-hydrogen) atoms. The van der Waals surface area contributed by atoms with Gasteiger partial charge in [0.25, 0.3) is 0 Å². The van der Waals surface area contributed by atoms with Crippen molar-refractivity contribution in [2.75, 3.05) is 49.3 Å². The number of aromatic nitrogens is 2. The zero-order valence-corrected chi connectivity index (χ0v) is 11.2. The Kier molecular flexibility index (Phi) is 3.79. The van der Waals surface area contributed by atoms with Gasteiger partial charge in [0.05, 0.1) is 13.2 Å². The average Bonchev–Trinajstić information content (AvgIpc) is 2.89. The Morgan fingerprint density at radius 3 is 2.75 bits per heavy atom. The van der Waals surface area contributed by atoms with Gasteiger partial charge in [-0.3, -0.25) is 9.69 Å². The van der Waals surface area contributed by atoms with Crippen LogP contribution in [0.5, 0.6) is 0 Å². The molecule has 0 bridgehead atoms. The summed E-state index contributed by atoms with van der Waals surface area (Å²) in [5.74, 6) is 1.45. The van der Waals surface area contributed by atoms with Crippen LogP contribution < -0.4 is 9.80 Å². The smallest absolute Gasteiger partial charge is 0.228 e. The lowest BCUT2D eigenvalue weighted by Crippen LogP contribution is -2.37. The highest BCUT2D eigenvalue weighted by molar-refractivity contribution is 5.95. The number of carbonyl (C=O) groups is 1. The molecule has 7 heteroatoms. The van der Waals surface area contributed by atoms with Crippen molar-refractivity contribution in [3.8, 4) is 0 Å². The Morgan fingerprint density at radius 1 is 1.30 bits per heavy atom. The molecule has 0 spiro atoms. The molecule has 0 radical (unpaired) electrons. The van der Waals surface area contributed by atoms with Gasteiger partial charge in [-0.25, -0.2) is 9.97 Å². The van der Waals surface area contributed by atoms with Gasteiger partial charge in [-0.05, 0) is 0 Å². The highest BCUT2D eigenvalue weighted by Gasteiger charge is 2.31. The van der Waals surface area contributed by atoms with Crippen molar-refractivity contribution in [3.05, 3.63) is 12.4 Å². The van der Waals surface area contributed by atoms with Crippen LogP contribution in [-0.4, -0.2) is 60.4 Å². The number of ether oxygens (including phenoxy) is 1. The molecule has 1 amide bonds. The van der Waals surface area contributed by atoms with Crippen molar-refractivity contribution in [2.45, 2.75) is 6.42 Å². The van der Waals surface area contributed by atoms with Crippen LogP contribution in [-0.2, 0) is 9.53 Å². The fourth-order valence-electron chi connectivity index (χ4n) is 2.58. The Bertz CT molecular complexity index is 490. The number of hydrogen-bond acceptors (Lipinski definition) is 6. The molecule has 2 aliphatic rings. The molecule has 1 aromatic rings. The van der Waals surface area contributed by atoms with Crippen LogP contribution in [0.3, 0.4) is 0 Å². The monoisotopic (exact) mass is 278 g/mol. The second-order valence-corrected chi connectivity index (χ2v) is 5.09. The third kappa shape index (κ3) is 2.59. The van der Waals surface area contributed by atoms with E-state index >= 15 is 0 Å². The van der Waals surface area contributed by atoms with E-state index in [1.807, 2.05) is 6.07 Å². The van der Waals surface area contributed by atoms with E-state index in [9.17, 15) is 9.90 Å². The molecule has 1 atom stereocenters. The summed E-state index contributed by atoms with van der Waals surface area (Å²) in [6, 6.07) is 1.84. The summed E-state index contributed by atoms with van der Waals surface area (Å²) in [6.07, 6.45) is 1.87. The van der Waals surface area contributed by atoms with E-state index in [0.29, 0.717) is 32.0 Å². The molecular weight excluding hydrogens is 260 g/mol. The van der Waals surface area contributed by atoms with E-state index < -0.39 is 0 Å². The SMILES string of the molecule is O=C1CC(CO)CN1c1cc(N2CCOCC2)ncn1. The Hall–Kier alpha value is -1.73. The number of aliphatic hydroxyl groups is 1. The molecule has 108 valence electrons. The summed E-state index contributed by atoms with van der Waals surface area (Å²) in [7, 11) is 0. The van der Waals surface area contributed by atoms with Gasteiger partial charge in [-0.2, -0.15) is 0 Å². The molecule has 0 aromatic carbocycles. The van der Waals surface area contributed by atoms with Crippen molar-refractivity contribution >= 4 is 17.5 Å². The summed E-state index contributed by atoms with van der Waals surface area (Å²) < 4.78 is 5.32. The van der Waals surface area contributed by atoms with Crippen molar-refractivity contribution in [3.63, 3.8) is 0 Å². The van der Waals surface area contributed by atoms with Crippen LogP contribution in [0, 0.1) is 5.92 Å². The Balaban J connectivity index is 1.78. The molecule has 2 aliphatic heterocycles. The van der Waals surface area contributed by atoms with Crippen molar-refractivity contribution < 1.29 is 14.6 Å². The summed E-state index contributed by atoms with van der Waals surface area (Å²) >= 11 is 0. The lowest BCUT2D eigenvalue weighted by Gasteiger charge is -2.28. The zero-order valence-electron chi connectivity index (χ0n) is 11.2. The van der Waals surface area contributed by atoms with E-state index in [1.165, 1.54) is 6.33 Å². The standard InChI is InChI=1S/C13H18N4O3/c18-8-10-5-13(19)17(7-10)12-6-11(14-9-15-12)16-1-3-20-4-2-16/h6,9-10,18H,1-5,7-8H2. The number of carbonyl (C=O) groups excluding carboxylic acids is 1. The van der Waals surface area contributed by atoms with Crippen LogP contribution in [0.15, 0.2) is 12.4 Å². The predicted octanol–water partition coefficient (Wildman–Crippen LogP) is -0.342. The van der Waals surface area contributed by atoms with E-state index in [0.717, 1.165) is 18.9 Å². The molecule has 0 aliphatic carbocycles. The molecule has 1 N–H and O–H groups in total. The summed E-state index contributed by atoms with van der Waals surface area (Å²) in [6.45, 7) is 3.52. The summed E-state index contributed by atoms with van der Waals surface area (Å²) in [5, 5.41) is 9.17. The molecule has 1 aromatic heterocycles. The minimum Gasteiger partial charge on any atom is -0.396 e. The minimum absolute atomic E-state index is 0.00398. The highest BCUT2D eigenvalue weighted by Crippen LogP contribution is 2.25. The number of amides is 1. The lowest BCUT2D eigenvalue weighted by atomic mass is 10.1. The first-order chi connectivity index (χ1) is 9.78. The van der Waals surface area contributed by atoms with Crippen LogP contribution >= 0.6 is 0 Å². The number of hydrogen-bond donors (Lipinski definition) is 1. The van der Waals surface area contributed by atoms with Crippen molar-refractivity contribution in [1.82, 2.24) is 9.97 Å². The van der Waals surface area contributed by atoms with Gasteiger partial charge >= 0.3 is 0 Å². The average molecular weight is 278 g/mol. The molecule has 3 heterocycles. The molecule has 7 nitrogen and oxygen atoms in total. The maximum Gasteiger partial charge on any atom is 0.228 e. The maximum atomic E-state index is 12.0. The fraction of sp³-hybridized carbons (Fsp3) is 0.615. The first kappa shape index (κ1) is 13.3. The number of nitrogens with zero attached hydrogens (tertiary/aromatic N) is 4. The fourth-order valence-corrected chi connectivity index (χ4v) is 2.58. The summed E-state index contributed by atoms with van der Waals surface area (Å²) in [4.78, 5) is 24.2. The normalized spacial score (nSPS) is 23.4. The molecule has 0 saturated carbocycles. The van der Waals surface area contributed by atoms with Gasteiger partial charge in [0, 0.05) is 44.6 Å². The van der Waals surface area contributed by atoms with Crippen molar-refractivity contribution in [2.24, 2.45) is 5.92 Å². The first-order valence-corrected chi connectivity index (χ1v) is 6.84. The first-order valence-electron chi connectivity index (χ1n) is 6.84. The topological polar surface area (TPSA) is 78.8 Å². The maximum absolute atomic E-state index is 12.0. The zero-order chi connectivity index (χ0) is 13.9. The Labute approximate surface area is 117 Å². The summed E-state index contributed by atoms with van der Waals surface area (Å²) in [5.41, 5.74) is 0. The van der Waals surface area contributed by atoms with E-state index in [1.54, 1.807) is 4.90 Å². The minimum atomic E-state index is 0.00398. The van der Waals surface area contributed by atoms with E-state index in [2.05, 4.69) is 14.9 Å². The second-order valence-electron chi connectivity index (χ2n) is 5.09. The molecular formula is C13H18N4O3. The van der Waals surface area contributed by atoms with Crippen LogP contribution in [0.2, 0.25) is 0 Å². The third-order valence-corrected chi connectivity index (χ3v) is 3.71. The third-order valence-electron chi connectivity index (χ3n) is 3.71. The molecule has 3 rings (SSSR count). The number of anilines is 2. The lowest BCUT2D eigenvalue weighted by molar-refractivity contribution is -0.117. The van der Waals surface area contributed by atoms with Crippen LogP contribution in [0.1, 0.15) is 6.42 Å². The van der Waals surface area contributed by atoms with Gasteiger partial charge in [0.1, 0.15) is 18.0 Å². The van der Waals surface area contributed by atoms with Gasteiger partial charge in [0.2, 0.25) is 5.91 Å². The van der Waals surface area contributed by atoms with E-state index in [4.69, 9.17) is 4.74 Å². The van der Waals surface area contributed by atoms with Gasteiger partial charge in [-0.1, -0.05) is 0 Å². The van der Waals surface area contributed by atoms with E-state index in [-0.39, 0.29) is 18.4 Å². The molecule has 1 unspecified atom stereocenters. The number of aliphatic hydroxyl groups excluding tert-OH is 1. The largest absolute Gasteiger partial charge is 0.396 e. The van der Waals surface area contributed by atoms with Gasteiger partial charge in [-0.15, -0.1) is 0 Å².